The number of carboxylic acid groups (broad SMARTS) is 1. The normalized spacial score (nSPS) is 11.7. The number of fused-ring (bicyclic) bond motifs is 1. The Morgan fingerprint density at radius 1 is 1.30 bits per heavy atom. The van der Waals surface area contributed by atoms with Gasteiger partial charge in [0, 0.05) is 23.2 Å². The summed E-state index contributed by atoms with van der Waals surface area (Å²) in [5, 5.41) is 12.7. The molecule has 1 atom stereocenters. The van der Waals surface area contributed by atoms with Crippen LogP contribution in [0.4, 0.5) is 0 Å². The van der Waals surface area contributed by atoms with Crippen molar-refractivity contribution in [2.24, 2.45) is 5.73 Å². The summed E-state index contributed by atoms with van der Waals surface area (Å²) in [5.74, 6) is -2.35. The lowest BCUT2D eigenvalue weighted by Gasteiger charge is -2.14. The van der Waals surface area contributed by atoms with Crippen molar-refractivity contribution < 1.29 is 24.2 Å². The molecule has 2 rings (SSSR count). The Bertz CT molecular complexity index is 741. The van der Waals surface area contributed by atoms with E-state index in [1.165, 1.54) is 0 Å². The van der Waals surface area contributed by atoms with Crippen LogP contribution in [0.15, 0.2) is 36.7 Å². The molecule has 0 unspecified atom stereocenters. The number of amides is 2. The smallest absolute Gasteiger partial charge is 0.326 e. The summed E-state index contributed by atoms with van der Waals surface area (Å²) in [6, 6.07) is 5.66. The summed E-state index contributed by atoms with van der Waals surface area (Å²) in [5.41, 5.74) is 4.94. The predicted molar refractivity (Wildman–Crippen MR) is 80.6 cm³/mol. The Morgan fingerprint density at radius 3 is 2.78 bits per heavy atom. The Kier molecular flexibility index (Phi) is 5.08. The van der Waals surface area contributed by atoms with Crippen LogP contribution >= 0.6 is 0 Å². The lowest BCUT2D eigenvalue weighted by Crippen LogP contribution is -2.45. The van der Waals surface area contributed by atoms with Crippen molar-refractivity contribution in [3.05, 3.63) is 36.7 Å². The zero-order valence-electron chi connectivity index (χ0n) is 12.1. The van der Waals surface area contributed by atoms with Gasteiger partial charge in [0.25, 0.3) is 5.91 Å². The Hall–Kier alpha value is -3.16. The lowest BCUT2D eigenvalue weighted by molar-refractivity contribution is -0.143. The lowest BCUT2D eigenvalue weighted by atomic mass is 10.1. The molecule has 120 valence electrons. The summed E-state index contributed by atoms with van der Waals surface area (Å²) in [6.45, 7) is -0.385. The minimum atomic E-state index is -1.37. The largest absolute Gasteiger partial charge is 0.483 e. The van der Waals surface area contributed by atoms with E-state index in [0.717, 1.165) is 10.8 Å². The molecule has 0 spiro atoms. The molecular weight excluding hydrogens is 302 g/mol. The van der Waals surface area contributed by atoms with E-state index in [2.05, 4.69) is 10.3 Å². The first-order valence-corrected chi connectivity index (χ1v) is 6.73. The first kappa shape index (κ1) is 16.2. The number of nitrogens with two attached hydrogens (primary N) is 1. The molecule has 0 saturated heterocycles. The molecular formula is C15H15N3O5. The van der Waals surface area contributed by atoms with Crippen LogP contribution in [0.1, 0.15) is 6.42 Å². The summed E-state index contributed by atoms with van der Waals surface area (Å²) >= 11 is 0. The van der Waals surface area contributed by atoms with Gasteiger partial charge in [0.15, 0.2) is 6.61 Å². The van der Waals surface area contributed by atoms with Gasteiger partial charge in [-0.1, -0.05) is 12.1 Å². The molecule has 2 aromatic rings. The molecule has 0 saturated carbocycles. The molecule has 1 aromatic heterocycles. The molecule has 0 aliphatic rings. The molecule has 0 bridgehead atoms. The fourth-order valence-corrected chi connectivity index (χ4v) is 2.00. The molecule has 1 heterocycles. The highest BCUT2D eigenvalue weighted by Crippen LogP contribution is 2.24. The summed E-state index contributed by atoms with van der Waals surface area (Å²) < 4.78 is 5.42. The van der Waals surface area contributed by atoms with Gasteiger partial charge >= 0.3 is 5.97 Å². The maximum Gasteiger partial charge on any atom is 0.326 e. The number of rotatable bonds is 7. The third-order valence-corrected chi connectivity index (χ3v) is 3.04. The molecule has 0 aliphatic heterocycles. The number of benzene rings is 1. The highest BCUT2D eigenvalue weighted by Gasteiger charge is 2.22. The van der Waals surface area contributed by atoms with Crippen molar-refractivity contribution >= 4 is 28.6 Å². The number of nitrogens with one attached hydrogen (secondary N) is 1. The van der Waals surface area contributed by atoms with Gasteiger partial charge in [-0.2, -0.15) is 0 Å². The number of carbonyl (C=O) groups is 3. The molecule has 2 amide bonds. The molecule has 0 aliphatic carbocycles. The van der Waals surface area contributed by atoms with Gasteiger partial charge in [0.05, 0.1) is 6.42 Å². The zero-order valence-corrected chi connectivity index (χ0v) is 12.1. The van der Waals surface area contributed by atoms with E-state index in [1.54, 1.807) is 30.6 Å². The number of primary amides is 1. The van der Waals surface area contributed by atoms with E-state index in [4.69, 9.17) is 15.6 Å². The van der Waals surface area contributed by atoms with Gasteiger partial charge in [-0.05, 0) is 12.1 Å². The van der Waals surface area contributed by atoms with Gasteiger partial charge in [0.2, 0.25) is 5.91 Å². The van der Waals surface area contributed by atoms with Crippen LogP contribution in [-0.2, 0) is 14.4 Å². The van der Waals surface area contributed by atoms with Gasteiger partial charge in [0.1, 0.15) is 11.8 Å². The second-order valence-electron chi connectivity index (χ2n) is 4.77. The highest BCUT2D eigenvalue weighted by molar-refractivity contribution is 5.90. The van der Waals surface area contributed by atoms with E-state index in [9.17, 15) is 14.4 Å². The third-order valence-electron chi connectivity index (χ3n) is 3.04. The van der Waals surface area contributed by atoms with Gasteiger partial charge in [-0.3, -0.25) is 14.6 Å². The van der Waals surface area contributed by atoms with Crippen LogP contribution in [-0.4, -0.2) is 40.5 Å². The first-order chi connectivity index (χ1) is 11.0. The Balaban J connectivity index is 2.00. The van der Waals surface area contributed by atoms with Gasteiger partial charge < -0.3 is 20.9 Å². The van der Waals surface area contributed by atoms with E-state index in [1.807, 2.05) is 6.07 Å². The number of aliphatic carboxylic acids is 1. The fraction of sp³-hybridized carbons (Fsp3) is 0.200. The standard InChI is InChI=1S/C15H15N3O5/c16-13(19)6-11(15(21)22)18-14(20)8-23-12-3-1-2-9-7-17-5-4-10(9)12/h1-5,7,11H,6,8H2,(H2,16,19)(H,18,20)(H,21,22)/t11-/m0/s1. The number of carbonyl (C=O) groups excluding carboxylic acids is 2. The van der Waals surface area contributed by atoms with Crippen molar-refractivity contribution in [1.29, 1.82) is 0 Å². The Labute approximate surface area is 131 Å². The van der Waals surface area contributed by atoms with Crippen molar-refractivity contribution in [2.45, 2.75) is 12.5 Å². The topological polar surface area (TPSA) is 132 Å². The maximum absolute atomic E-state index is 11.8. The fourth-order valence-electron chi connectivity index (χ4n) is 2.00. The second kappa shape index (κ2) is 7.21. The quantitative estimate of drug-likeness (QED) is 0.661. The molecule has 23 heavy (non-hydrogen) atoms. The first-order valence-electron chi connectivity index (χ1n) is 6.73. The van der Waals surface area contributed by atoms with Crippen molar-refractivity contribution in [3.8, 4) is 5.75 Å². The number of carboxylic acids is 1. The van der Waals surface area contributed by atoms with Crippen LogP contribution < -0.4 is 15.8 Å². The van der Waals surface area contributed by atoms with E-state index in [-0.39, 0.29) is 6.61 Å². The Morgan fingerprint density at radius 2 is 2.09 bits per heavy atom. The number of ether oxygens (including phenoxy) is 1. The van der Waals surface area contributed by atoms with Crippen LogP contribution in [0.25, 0.3) is 10.8 Å². The average molecular weight is 317 g/mol. The average Bonchev–Trinajstić information content (AvgIpc) is 2.51. The molecule has 8 nitrogen and oxygen atoms in total. The molecule has 0 fully saturated rings. The summed E-state index contributed by atoms with van der Waals surface area (Å²) in [6.07, 6.45) is 2.78. The van der Waals surface area contributed by atoms with Crippen LogP contribution in [0, 0.1) is 0 Å². The SMILES string of the molecule is NC(=O)C[C@H](NC(=O)COc1cccc2cnccc12)C(=O)O. The van der Waals surface area contributed by atoms with Gasteiger partial charge in [-0.15, -0.1) is 0 Å². The van der Waals surface area contributed by atoms with E-state index < -0.39 is 30.2 Å². The summed E-state index contributed by atoms with van der Waals surface area (Å²) in [7, 11) is 0. The van der Waals surface area contributed by atoms with E-state index in [0.29, 0.717) is 5.75 Å². The van der Waals surface area contributed by atoms with Crippen LogP contribution in [0.3, 0.4) is 0 Å². The number of pyridine rings is 1. The van der Waals surface area contributed by atoms with Crippen LogP contribution in [0.5, 0.6) is 5.75 Å². The molecule has 4 N–H and O–H groups in total. The van der Waals surface area contributed by atoms with Crippen molar-refractivity contribution in [3.63, 3.8) is 0 Å². The van der Waals surface area contributed by atoms with E-state index >= 15 is 0 Å². The number of hydrogen-bond donors (Lipinski definition) is 3. The number of nitrogens with zero attached hydrogens (tertiary/aromatic N) is 1. The molecule has 1 aromatic carbocycles. The van der Waals surface area contributed by atoms with Crippen molar-refractivity contribution in [2.75, 3.05) is 6.61 Å². The third kappa shape index (κ3) is 4.40. The predicted octanol–water partition coefficient (Wildman–Crippen LogP) is 0.0584. The maximum atomic E-state index is 11.8. The molecule has 8 heteroatoms. The highest BCUT2D eigenvalue weighted by atomic mass is 16.5. The zero-order chi connectivity index (χ0) is 16.8. The number of aromatic nitrogens is 1. The van der Waals surface area contributed by atoms with Crippen LogP contribution in [0.2, 0.25) is 0 Å². The van der Waals surface area contributed by atoms with Gasteiger partial charge in [-0.25, -0.2) is 4.79 Å². The second-order valence-corrected chi connectivity index (χ2v) is 4.77. The minimum Gasteiger partial charge on any atom is -0.483 e. The minimum absolute atomic E-state index is 0.385. The van der Waals surface area contributed by atoms with Crippen molar-refractivity contribution in [1.82, 2.24) is 10.3 Å². The summed E-state index contributed by atoms with van der Waals surface area (Å²) in [4.78, 5) is 37.5. The number of hydrogen-bond acceptors (Lipinski definition) is 5. The monoisotopic (exact) mass is 317 g/mol. The molecule has 0 radical (unpaired) electrons.